The molecule has 1 aliphatic heterocycles. The molecule has 0 radical (unpaired) electrons. The number of amides is 1. The number of rotatable bonds is 0. The molecule has 1 spiro atoms. The van der Waals surface area contributed by atoms with Crippen LogP contribution in [0.15, 0.2) is 12.3 Å². The number of nitrogens with zero attached hydrogens (tertiary/aromatic N) is 2. The van der Waals surface area contributed by atoms with Crippen LogP contribution in [0.4, 0.5) is 5.69 Å². The van der Waals surface area contributed by atoms with Crippen molar-refractivity contribution in [2.24, 2.45) is 0 Å². The van der Waals surface area contributed by atoms with E-state index in [1.54, 1.807) is 24.2 Å². The van der Waals surface area contributed by atoms with E-state index in [-0.39, 0.29) is 11.3 Å². The topological polar surface area (TPSA) is 33.2 Å². The molecule has 0 saturated heterocycles. The molecule has 3 nitrogen and oxygen atoms in total. The number of likely N-dealkylation sites (N-methyl/N-ethyl adjacent to an activating group) is 1. The first-order chi connectivity index (χ1) is 6.67. The summed E-state index contributed by atoms with van der Waals surface area (Å²) in [5.74, 6) is 0.146. The quantitative estimate of drug-likeness (QED) is 0.651. The molecule has 0 aromatic carbocycles. The molecule has 1 fully saturated rings. The van der Waals surface area contributed by atoms with Crippen molar-refractivity contribution in [1.82, 2.24) is 4.98 Å². The lowest BCUT2D eigenvalue weighted by Gasteiger charge is -2.10. The van der Waals surface area contributed by atoms with Crippen molar-refractivity contribution in [1.29, 1.82) is 0 Å². The van der Waals surface area contributed by atoms with Crippen LogP contribution in [0.2, 0.25) is 5.02 Å². The predicted molar refractivity (Wildman–Crippen MR) is 53.6 cm³/mol. The van der Waals surface area contributed by atoms with Crippen molar-refractivity contribution in [3.63, 3.8) is 0 Å². The van der Waals surface area contributed by atoms with Gasteiger partial charge in [0.15, 0.2) is 0 Å². The Morgan fingerprint density at radius 2 is 2.29 bits per heavy atom. The van der Waals surface area contributed by atoms with E-state index in [0.29, 0.717) is 5.02 Å². The van der Waals surface area contributed by atoms with E-state index >= 15 is 0 Å². The zero-order chi connectivity index (χ0) is 9.92. The molecular formula is C10H9ClN2O. The summed E-state index contributed by atoms with van der Waals surface area (Å²) in [6.45, 7) is 0. The molecule has 0 N–H and O–H groups in total. The average molecular weight is 209 g/mol. The van der Waals surface area contributed by atoms with E-state index in [0.717, 1.165) is 24.2 Å². The van der Waals surface area contributed by atoms with Gasteiger partial charge < -0.3 is 4.90 Å². The van der Waals surface area contributed by atoms with Gasteiger partial charge in [-0.3, -0.25) is 9.78 Å². The molecule has 2 aliphatic rings. The Bertz CT molecular complexity index is 440. The van der Waals surface area contributed by atoms with E-state index in [1.165, 1.54) is 0 Å². The number of carbonyl (C=O) groups is 1. The average Bonchev–Trinajstić information content (AvgIpc) is 2.92. The van der Waals surface area contributed by atoms with E-state index in [9.17, 15) is 4.79 Å². The molecule has 72 valence electrons. The molecule has 14 heavy (non-hydrogen) atoms. The van der Waals surface area contributed by atoms with E-state index < -0.39 is 0 Å². The van der Waals surface area contributed by atoms with Crippen molar-refractivity contribution >= 4 is 23.2 Å². The van der Waals surface area contributed by atoms with Crippen molar-refractivity contribution in [3.05, 3.63) is 23.0 Å². The largest absolute Gasteiger partial charge is 0.312 e. The van der Waals surface area contributed by atoms with Gasteiger partial charge in [-0.25, -0.2) is 0 Å². The van der Waals surface area contributed by atoms with Crippen molar-refractivity contribution < 1.29 is 4.79 Å². The number of hydrogen-bond donors (Lipinski definition) is 0. The van der Waals surface area contributed by atoms with E-state index in [2.05, 4.69) is 4.98 Å². The molecule has 3 rings (SSSR count). The highest BCUT2D eigenvalue weighted by atomic mass is 35.5. The Balaban J connectivity index is 2.31. The number of halogens is 1. The van der Waals surface area contributed by atoms with Crippen LogP contribution in [0, 0.1) is 0 Å². The van der Waals surface area contributed by atoms with Crippen LogP contribution in [0.25, 0.3) is 0 Å². The fourth-order valence-corrected chi connectivity index (χ4v) is 2.47. The first-order valence-corrected chi connectivity index (χ1v) is 4.98. The Hall–Kier alpha value is -1.09. The third kappa shape index (κ3) is 0.746. The highest BCUT2D eigenvalue weighted by Gasteiger charge is 2.60. The molecule has 0 unspecified atom stereocenters. The van der Waals surface area contributed by atoms with Crippen LogP contribution < -0.4 is 4.90 Å². The number of fused-ring (bicyclic) bond motifs is 2. The normalized spacial score (nSPS) is 21.6. The van der Waals surface area contributed by atoms with Crippen LogP contribution in [-0.4, -0.2) is 17.9 Å². The molecule has 1 saturated carbocycles. The number of aromatic nitrogens is 1. The van der Waals surface area contributed by atoms with E-state index in [4.69, 9.17) is 11.6 Å². The second-order valence-electron chi connectivity index (χ2n) is 3.94. The smallest absolute Gasteiger partial charge is 0.239 e. The summed E-state index contributed by atoms with van der Waals surface area (Å²) in [5, 5.41) is 0.620. The number of hydrogen-bond acceptors (Lipinski definition) is 2. The second-order valence-corrected chi connectivity index (χ2v) is 4.34. The highest BCUT2D eigenvalue weighted by molar-refractivity contribution is 6.35. The maximum Gasteiger partial charge on any atom is 0.239 e. The van der Waals surface area contributed by atoms with Gasteiger partial charge in [0.05, 0.1) is 21.8 Å². The third-order valence-electron chi connectivity index (χ3n) is 3.13. The Morgan fingerprint density at radius 3 is 2.93 bits per heavy atom. The lowest BCUT2D eigenvalue weighted by Crippen LogP contribution is -2.28. The van der Waals surface area contributed by atoms with Crippen molar-refractivity contribution in [2.75, 3.05) is 11.9 Å². The summed E-state index contributed by atoms with van der Waals surface area (Å²) in [7, 11) is 1.77. The zero-order valence-corrected chi connectivity index (χ0v) is 8.51. The summed E-state index contributed by atoms with van der Waals surface area (Å²) in [6, 6.07) is 1.73. The van der Waals surface area contributed by atoms with Gasteiger partial charge in [-0.15, -0.1) is 0 Å². The van der Waals surface area contributed by atoms with Crippen LogP contribution >= 0.6 is 11.6 Å². The van der Waals surface area contributed by atoms with Gasteiger partial charge >= 0.3 is 0 Å². The molecule has 1 aromatic rings. The number of pyridine rings is 1. The highest BCUT2D eigenvalue weighted by Crippen LogP contribution is 2.57. The molecule has 0 atom stereocenters. The first kappa shape index (κ1) is 8.24. The van der Waals surface area contributed by atoms with Gasteiger partial charge in [0.2, 0.25) is 5.91 Å². The summed E-state index contributed by atoms with van der Waals surface area (Å²) < 4.78 is 0. The summed E-state index contributed by atoms with van der Waals surface area (Å²) in [4.78, 5) is 17.9. The molecule has 0 bridgehead atoms. The minimum atomic E-state index is -0.311. The third-order valence-corrected chi connectivity index (χ3v) is 3.43. The molecule has 1 aliphatic carbocycles. The minimum absolute atomic E-state index is 0.146. The second kappa shape index (κ2) is 2.28. The summed E-state index contributed by atoms with van der Waals surface area (Å²) in [6.07, 6.45) is 3.50. The van der Waals surface area contributed by atoms with Gasteiger partial charge in [0, 0.05) is 13.2 Å². The van der Waals surface area contributed by atoms with Crippen LogP contribution in [0.3, 0.4) is 0 Å². The van der Waals surface area contributed by atoms with Crippen LogP contribution in [0.5, 0.6) is 0 Å². The summed E-state index contributed by atoms with van der Waals surface area (Å²) in [5.41, 5.74) is 1.36. The van der Waals surface area contributed by atoms with E-state index in [1.807, 2.05) is 0 Å². The predicted octanol–water partition coefficient (Wildman–Crippen LogP) is 1.74. The zero-order valence-electron chi connectivity index (χ0n) is 7.75. The number of anilines is 1. The van der Waals surface area contributed by atoms with Gasteiger partial charge in [-0.1, -0.05) is 11.6 Å². The molecule has 1 amide bonds. The van der Waals surface area contributed by atoms with Gasteiger partial charge in [-0.05, 0) is 18.9 Å². The summed E-state index contributed by atoms with van der Waals surface area (Å²) >= 11 is 6.05. The Morgan fingerprint density at radius 1 is 1.57 bits per heavy atom. The van der Waals surface area contributed by atoms with Gasteiger partial charge in [0.25, 0.3) is 0 Å². The molecular weight excluding hydrogens is 200 g/mol. The standard InChI is InChI=1S/C10H9ClN2O/c1-13-7-6(11)2-5-12-8(7)10(3-4-10)9(13)14/h2,5H,3-4H2,1H3. The fourth-order valence-electron chi connectivity index (χ4n) is 2.20. The lowest BCUT2D eigenvalue weighted by molar-refractivity contribution is -0.120. The fraction of sp³-hybridized carbons (Fsp3) is 0.400. The van der Waals surface area contributed by atoms with Gasteiger partial charge in [0.1, 0.15) is 0 Å². The van der Waals surface area contributed by atoms with Gasteiger partial charge in [-0.2, -0.15) is 0 Å². The maximum atomic E-state index is 11.9. The Kier molecular flexibility index (Phi) is 1.34. The van der Waals surface area contributed by atoms with Crippen LogP contribution in [-0.2, 0) is 10.2 Å². The first-order valence-electron chi connectivity index (χ1n) is 4.60. The Labute approximate surface area is 86.7 Å². The number of carbonyl (C=O) groups excluding carboxylic acids is 1. The minimum Gasteiger partial charge on any atom is -0.312 e. The monoisotopic (exact) mass is 208 g/mol. The van der Waals surface area contributed by atoms with Crippen LogP contribution in [0.1, 0.15) is 18.5 Å². The maximum absolute atomic E-state index is 11.9. The lowest BCUT2D eigenvalue weighted by atomic mass is 10.0. The molecule has 4 heteroatoms. The molecule has 2 heterocycles. The molecule has 1 aromatic heterocycles. The van der Waals surface area contributed by atoms with Crippen molar-refractivity contribution in [2.45, 2.75) is 18.3 Å². The SMILES string of the molecule is CN1C(=O)C2(CC2)c2nccc(Cl)c21. The van der Waals surface area contributed by atoms with Crippen molar-refractivity contribution in [3.8, 4) is 0 Å².